The number of nitrogens with zero attached hydrogens (tertiary/aromatic N) is 3. The molecule has 1 saturated heterocycles. The molecule has 2 N–H and O–H groups in total. The largest absolute Gasteiger partial charge is 0.418 e. The van der Waals surface area contributed by atoms with Crippen LogP contribution in [0.1, 0.15) is 55.4 Å². The highest BCUT2D eigenvalue weighted by molar-refractivity contribution is 6.07. The van der Waals surface area contributed by atoms with Gasteiger partial charge in [-0.05, 0) is 24.3 Å². The predicted molar refractivity (Wildman–Crippen MR) is 118 cm³/mol. The summed E-state index contributed by atoms with van der Waals surface area (Å²) in [5, 5.41) is 13.0. The fraction of sp³-hybridized carbons (Fsp3) is 0.478. The standard InChI is InChI=1S/C23H29N5O5/c1-12(2)18(24-16(29)11-28-22(31)19(13(3)4)25-23(28)32)20(30)21-27-26-17(33-21)10-15-8-6-7-14(5)9-15/h6-9,12-13,18-19H,10-11H2,1-5H3,(H,24,29)(H,25,32)/t18-,19?/m0/s1. The molecule has 0 radical (unpaired) electrons. The lowest BCUT2D eigenvalue weighted by Gasteiger charge is -2.21. The van der Waals surface area contributed by atoms with Gasteiger partial charge in [0.2, 0.25) is 17.6 Å². The van der Waals surface area contributed by atoms with Gasteiger partial charge in [0, 0.05) is 0 Å². The first kappa shape index (κ1) is 24.1. The number of urea groups is 1. The van der Waals surface area contributed by atoms with Crippen LogP contribution in [0.5, 0.6) is 0 Å². The highest BCUT2D eigenvalue weighted by Gasteiger charge is 2.41. The third-order valence-electron chi connectivity index (χ3n) is 5.41. The first-order valence-corrected chi connectivity index (χ1v) is 10.9. The van der Waals surface area contributed by atoms with Gasteiger partial charge in [0.15, 0.2) is 0 Å². The number of rotatable bonds is 9. The molecule has 1 fully saturated rings. The van der Waals surface area contributed by atoms with Crippen molar-refractivity contribution in [1.29, 1.82) is 0 Å². The Morgan fingerprint density at radius 1 is 1.18 bits per heavy atom. The minimum atomic E-state index is -0.952. The summed E-state index contributed by atoms with van der Waals surface area (Å²) in [6.45, 7) is 8.62. The van der Waals surface area contributed by atoms with E-state index in [2.05, 4.69) is 20.8 Å². The van der Waals surface area contributed by atoms with E-state index in [9.17, 15) is 19.2 Å². The Morgan fingerprint density at radius 2 is 1.91 bits per heavy atom. The quantitative estimate of drug-likeness (QED) is 0.435. The van der Waals surface area contributed by atoms with Gasteiger partial charge in [-0.1, -0.05) is 57.5 Å². The van der Waals surface area contributed by atoms with Crippen molar-refractivity contribution in [2.75, 3.05) is 6.54 Å². The molecule has 0 aliphatic carbocycles. The Morgan fingerprint density at radius 3 is 2.52 bits per heavy atom. The van der Waals surface area contributed by atoms with Gasteiger partial charge in [-0.25, -0.2) is 4.79 Å². The van der Waals surface area contributed by atoms with Gasteiger partial charge >= 0.3 is 6.03 Å². The molecule has 0 saturated carbocycles. The molecule has 1 unspecified atom stereocenters. The van der Waals surface area contributed by atoms with E-state index in [4.69, 9.17) is 4.42 Å². The Balaban J connectivity index is 1.66. The Bertz CT molecular complexity index is 1060. The van der Waals surface area contributed by atoms with Crippen molar-refractivity contribution in [3.8, 4) is 0 Å². The first-order valence-electron chi connectivity index (χ1n) is 10.9. The number of hydrogen-bond donors (Lipinski definition) is 2. The van der Waals surface area contributed by atoms with Crippen LogP contribution in [0.3, 0.4) is 0 Å². The number of imide groups is 1. The summed E-state index contributed by atoms with van der Waals surface area (Å²) in [5.41, 5.74) is 2.07. The van der Waals surface area contributed by atoms with Crippen molar-refractivity contribution in [3.63, 3.8) is 0 Å². The maximum atomic E-state index is 13.0. The molecule has 33 heavy (non-hydrogen) atoms. The maximum Gasteiger partial charge on any atom is 0.325 e. The number of Topliss-reactive ketones (excluding diaryl/α,β-unsaturated/α-hetero) is 1. The number of carbonyl (C=O) groups is 4. The van der Waals surface area contributed by atoms with E-state index in [1.165, 1.54) is 0 Å². The van der Waals surface area contributed by atoms with Gasteiger partial charge in [-0.3, -0.25) is 19.3 Å². The second-order valence-electron chi connectivity index (χ2n) is 8.92. The van der Waals surface area contributed by atoms with Crippen LogP contribution in [-0.2, 0) is 16.0 Å². The van der Waals surface area contributed by atoms with E-state index in [0.29, 0.717) is 6.42 Å². The minimum Gasteiger partial charge on any atom is -0.418 e. The number of aryl methyl sites for hydroxylation is 1. The second kappa shape index (κ2) is 9.93. The molecular formula is C23H29N5O5. The maximum absolute atomic E-state index is 13.0. The summed E-state index contributed by atoms with van der Waals surface area (Å²) in [7, 11) is 0. The number of aromatic nitrogens is 2. The van der Waals surface area contributed by atoms with Gasteiger partial charge in [-0.2, -0.15) is 0 Å². The van der Waals surface area contributed by atoms with Crippen LogP contribution in [0.4, 0.5) is 4.79 Å². The van der Waals surface area contributed by atoms with Crippen LogP contribution in [-0.4, -0.2) is 57.4 Å². The zero-order valence-corrected chi connectivity index (χ0v) is 19.4. The molecule has 0 spiro atoms. The highest BCUT2D eigenvalue weighted by Crippen LogP contribution is 2.16. The molecule has 3 rings (SSSR count). The van der Waals surface area contributed by atoms with E-state index in [1.807, 2.05) is 31.2 Å². The summed E-state index contributed by atoms with van der Waals surface area (Å²) in [6.07, 6.45) is 0.379. The van der Waals surface area contributed by atoms with Crippen molar-refractivity contribution in [3.05, 3.63) is 47.2 Å². The molecule has 176 valence electrons. The lowest BCUT2D eigenvalue weighted by atomic mass is 9.99. The second-order valence-corrected chi connectivity index (χ2v) is 8.92. The molecule has 10 nitrogen and oxygen atoms in total. The van der Waals surface area contributed by atoms with Gasteiger partial charge in [0.25, 0.3) is 11.8 Å². The van der Waals surface area contributed by atoms with Crippen molar-refractivity contribution in [2.45, 2.75) is 53.1 Å². The molecule has 2 heterocycles. The summed E-state index contributed by atoms with van der Waals surface area (Å²) >= 11 is 0. The first-order chi connectivity index (χ1) is 15.6. The topological polar surface area (TPSA) is 134 Å². The Labute approximate surface area is 192 Å². The summed E-state index contributed by atoms with van der Waals surface area (Å²) in [5.74, 6) is -1.93. The van der Waals surface area contributed by atoms with E-state index in [-0.39, 0.29) is 23.6 Å². The normalized spacial score (nSPS) is 16.9. The van der Waals surface area contributed by atoms with Crippen molar-refractivity contribution >= 4 is 23.6 Å². The molecule has 1 aromatic heterocycles. The van der Waals surface area contributed by atoms with E-state index >= 15 is 0 Å². The molecule has 1 aliphatic heterocycles. The lowest BCUT2D eigenvalue weighted by Crippen LogP contribution is -2.49. The monoisotopic (exact) mass is 455 g/mol. The average Bonchev–Trinajstić information content (AvgIpc) is 3.31. The predicted octanol–water partition coefficient (Wildman–Crippen LogP) is 1.87. The van der Waals surface area contributed by atoms with Crippen molar-refractivity contribution in [1.82, 2.24) is 25.7 Å². The van der Waals surface area contributed by atoms with Crippen LogP contribution >= 0.6 is 0 Å². The van der Waals surface area contributed by atoms with Crippen LogP contribution < -0.4 is 10.6 Å². The lowest BCUT2D eigenvalue weighted by molar-refractivity contribution is -0.133. The molecule has 4 amide bonds. The van der Waals surface area contributed by atoms with E-state index in [0.717, 1.165) is 16.0 Å². The minimum absolute atomic E-state index is 0.106. The van der Waals surface area contributed by atoms with Crippen LogP contribution in [0, 0.1) is 18.8 Å². The zero-order valence-electron chi connectivity index (χ0n) is 19.4. The average molecular weight is 456 g/mol. The number of benzene rings is 1. The molecule has 10 heteroatoms. The Hall–Kier alpha value is -3.56. The van der Waals surface area contributed by atoms with Gasteiger partial charge in [0.05, 0.1) is 12.5 Å². The number of hydrogen-bond acceptors (Lipinski definition) is 7. The fourth-order valence-electron chi connectivity index (χ4n) is 3.59. The van der Waals surface area contributed by atoms with Crippen molar-refractivity contribution < 1.29 is 23.6 Å². The SMILES string of the molecule is Cc1cccc(Cc2nnc(C(=O)[C@@H](NC(=O)CN3C(=O)NC(C(C)C)C3=O)C(C)C)o2)c1. The van der Waals surface area contributed by atoms with E-state index in [1.54, 1.807) is 27.7 Å². The third kappa shape index (κ3) is 5.63. The number of amides is 4. The number of ketones is 1. The molecule has 2 aromatic rings. The highest BCUT2D eigenvalue weighted by atomic mass is 16.4. The van der Waals surface area contributed by atoms with Gasteiger partial charge < -0.3 is 15.1 Å². The van der Waals surface area contributed by atoms with E-state index < -0.39 is 42.3 Å². The molecule has 1 aromatic carbocycles. The smallest absolute Gasteiger partial charge is 0.325 e. The zero-order chi connectivity index (χ0) is 24.3. The summed E-state index contributed by atoms with van der Waals surface area (Å²) in [4.78, 5) is 50.9. The summed E-state index contributed by atoms with van der Waals surface area (Å²) < 4.78 is 5.56. The molecule has 1 aliphatic rings. The van der Waals surface area contributed by atoms with Gasteiger partial charge in [0.1, 0.15) is 12.6 Å². The van der Waals surface area contributed by atoms with Crippen LogP contribution in [0.2, 0.25) is 0 Å². The van der Waals surface area contributed by atoms with Gasteiger partial charge in [-0.15, -0.1) is 10.2 Å². The fourth-order valence-corrected chi connectivity index (χ4v) is 3.59. The molecule has 2 atom stereocenters. The third-order valence-corrected chi connectivity index (χ3v) is 5.41. The van der Waals surface area contributed by atoms with Crippen LogP contribution in [0.25, 0.3) is 0 Å². The summed E-state index contributed by atoms with van der Waals surface area (Å²) in [6, 6.07) is 5.57. The Kier molecular flexibility index (Phi) is 7.25. The van der Waals surface area contributed by atoms with Crippen molar-refractivity contribution in [2.24, 2.45) is 11.8 Å². The van der Waals surface area contributed by atoms with Crippen LogP contribution in [0.15, 0.2) is 28.7 Å². The number of nitrogens with one attached hydrogen (secondary N) is 2. The molecule has 0 bridgehead atoms. The molecular weight excluding hydrogens is 426 g/mol. The number of carbonyl (C=O) groups excluding carboxylic acids is 4.